The molecule has 130 valence electrons. The molecule has 3 heteroatoms. The Labute approximate surface area is 138 Å². The summed E-state index contributed by atoms with van der Waals surface area (Å²) in [5.41, 5.74) is 0. The average molecular weight is 311 g/mol. The molecule has 0 saturated carbocycles. The molecule has 1 heterocycles. The Morgan fingerprint density at radius 3 is 1.77 bits per heavy atom. The molecule has 22 heavy (non-hydrogen) atoms. The van der Waals surface area contributed by atoms with Crippen molar-refractivity contribution in [2.75, 3.05) is 19.8 Å². The van der Waals surface area contributed by atoms with E-state index in [2.05, 4.69) is 12.2 Å². The van der Waals surface area contributed by atoms with Gasteiger partial charge in [0.2, 0.25) is 5.91 Å². The van der Waals surface area contributed by atoms with Gasteiger partial charge in [-0.25, -0.2) is 0 Å². The molecule has 0 aliphatic carbocycles. The topological polar surface area (TPSA) is 32.3 Å². The first-order valence-electron chi connectivity index (χ1n) is 9.83. The Morgan fingerprint density at radius 2 is 1.32 bits per heavy atom. The van der Waals surface area contributed by atoms with Gasteiger partial charge < -0.3 is 4.90 Å². The van der Waals surface area contributed by atoms with Crippen molar-refractivity contribution in [3.8, 4) is 0 Å². The molecule has 0 unspecified atom stereocenters. The van der Waals surface area contributed by atoms with Crippen LogP contribution in [0.3, 0.4) is 0 Å². The Bertz CT molecular complexity index is 262. The van der Waals surface area contributed by atoms with Crippen LogP contribution in [0.5, 0.6) is 0 Å². The van der Waals surface area contributed by atoms with E-state index < -0.39 is 0 Å². The maximum Gasteiger partial charge on any atom is 0.223 e. The van der Waals surface area contributed by atoms with Crippen LogP contribution < -0.4 is 5.32 Å². The van der Waals surface area contributed by atoms with Crippen LogP contribution in [0.15, 0.2) is 0 Å². The predicted octanol–water partition coefficient (Wildman–Crippen LogP) is 4.86. The van der Waals surface area contributed by atoms with Crippen LogP contribution >= 0.6 is 0 Å². The van der Waals surface area contributed by atoms with E-state index in [1.807, 2.05) is 4.90 Å². The highest BCUT2D eigenvalue weighted by molar-refractivity contribution is 5.76. The number of amides is 1. The fourth-order valence-electron chi connectivity index (χ4n) is 3.17. The molecule has 0 aromatic heterocycles. The molecular weight excluding hydrogens is 272 g/mol. The van der Waals surface area contributed by atoms with Gasteiger partial charge in [0.15, 0.2) is 0 Å². The average Bonchev–Trinajstić information content (AvgIpc) is 3.06. The molecule has 0 bridgehead atoms. The first kappa shape index (κ1) is 19.5. The van der Waals surface area contributed by atoms with Crippen LogP contribution in [-0.2, 0) is 4.79 Å². The van der Waals surface area contributed by atoms with Gasteiger partial charge in [-0.05, 0) is 6.42 Å². The fourth-order valence-corrected chi connectivity index (χ4v) is 3.17. The van der Waals surface area contributed by atoms with Gasteiger partial charge in [-0.3, -0.25) is 10.1 Å². The molecule has 1 N–H and O–H groups in total. The number of nitrogens with zero attached hydrogens (tertiary/aromatic N) is 1. The largest absolute Gasteiger partial charge is 0.329 e. The van der Waals surface area contributed by atoms with Crippen LogP contribution in [0.25, 0.3) is 0 Å². The summed E-state index contributed by atoms with van der Waals surface area (Å²) >= 11 is 0. The van der Waals surface area contributed by atoms with Gasteiger partial charge >= 0.3 is 0 Å². The Kier molecular flexibility index (Phi) is 12.4. The zero-order valence-electron chi connectivity index (χ0n) is 14.9. The molecule has 1 amide bonds. The molecule has 0 aromatic carbocycles. The monoisotopic (exact) mass is 310 g/mol. The lowest BCUT2D eigenvalue weighted by Gasteiger charge is -2.13. The summed E-state index contributed by atoms with van der Waals surface area (Å²) in [5.74, 6) is 0.341. The van der Waals surface area contributed by atoms with Crippen LogP contribution in [0.4, 0.5) is 0 Å². The van der Waals surface area contributed by atoms with Gasteiger partial charge in [0.1, 0.15) is 0 Å². The van der Waals surface area contributed by atoms with Crippen LogP contribution in [0.1, 0.15) is 96.8 Å². The van der Waals surface area contributed by atoms with Crippen LogP contribution in [0.2, 0.25) is 0 Å². The third-order valence-corrected chi connectivity index (χ3v) is 4.71. The van der Waals surface area contributed by atoms with Gasteiger partial charge in [-0.1, -0.05) is 84.0 Å². The molecule has 1 aliphatic heterocycles. The maximum absolute atomic E-state index is 11.8. The van der Waals surface area contributed by atoms with Crippen molar-refractivity contribution in [3.05, 3.63) is 0 Å². The fraction of sp³-hybridized carbons (Fsp3) is 0.947. The van der Waals surface area contributed by atoms with E-state index in [1.165, 1.54) is 77.0 Å². The number of rotatable bonds is 14. The summed E-state index contributed by atoms with van der Waals surface area (Å²) in [6.45, 7) is 4.90. The van der Waals surface area contributed by atoms with Gasteiger partial charge in [-0.2, -0.15) is 0 Å². The van der Waals surface area contributed by atoms with Crippen molar-refractivity contribution < 1.29 is 4.79 Å². The maximum atomic E-state index is 11.8. The lowest BCUT2D eigenvalue weighted by molar-refractivity contribution is -0.130. The van der Waals surface area contributed by atoms with Crippen molar-refractivity contribution in [3.63, 3.8) is 0 Å². The summed E-state index contributed by atoms with van der Waals surface area (Å²) in [7, 11) is 0. The smallest absolute Gasteiger partial charge is 0.223 e. The van der Waals surface area contributed by atoms with Crippen molar-refractivity contribution in [1.82, 2.24) is 10.2 Å². The first-order chi connectivity index (χ1) is 10.8. The standard InChI is InChI=1S/C19H38N2O/c1-2-3-4-5-6-7-8-9-10-11-12-13-14-15-19(22)21-17-16-20-18-21/h20H,2-18H2,1H3. The summed E-state index contributed by atoms with van der Waals surface area (Å²) in [5, 5.41) is 3.21. The van der Waals surface area contributed by atoms with Crippen molar-refractivity contribution in [2.24, 2.45) is 0 Å². The molecule has 1 aliphatic rings. The van der Waals surface area contributed by atoms with Gasteiger partial charge in [0.25, 0.3) is 0 Å². The summed E-state index contributed by atoms with van der Waals surface area (Å²) in [6.07, 6.45) is 18.4. The third kappa shape index (κ3) is 10.2. The van der Waals surface area contributed by atoms with E-state index >= 15 is 0 Å². The molecule has 1 rings (SSSR count). The lowest BCUT2D eigenvalue weighted by atomic mass is 10.0. The minimum atomic E-state index is 0.341. The minimum absolute atomic E-state index is 0.341. The number of hydrogen-bond acceptors (Lipinski definition) is 2. The number of hydrogen-bond donors (Lipinski definition) is 1. The van der Waals surface area contributed by atoms with Gasteiger partial charge in [0, 0.05) is 19.5 Å². The van der Waals surface area contributed by atoms with E-state index in [1.54, 1.807) is 0 Å². The predicted molar refractivity (Wildman–Crippen MR) is 94.9 cm³/mol. The summed E-state index contributed by atoms with van der Waals surface area (Å²) < 4.78 is 0. The van der Waals surface area contributed by atoms with Crippen LogP contribution in [-0.4, -0.2) is 30.6 Å². The Balaban J connectivity index is 1.73. The molecule has 1 fully saturated rings. The van der Waals surface area contributed by atoms with Crippen LogP contribution in [0, 0.1) is 0 Å². The Hall–Kier alpha value is -0.570. The second-order valence-corrected chi connectivity index (χ2v) is 6.81. The third-order valence-electron chi connectivity index (χ3n) is 4.71. The number of nitrogens with one attached hydrogen (secondary N) is 1. The number of unbranched alkanes of at least 4 members (excludes halogenated alkanes) is 12. The molecule has 1 saturated heterocycles. The zero-order valence-corrected chi connectivity index (χ0v) is 14.9. The zero-order chi connectivity index (χ0) is 15.9. The normalized spacial score (nSPS) is 14.7. The number of carbonyl (C=O) groups excluding carboxylic acids is 1. The van der Waals surface area contributed by atoms with E-state index in [4.69, 9.17) is 0 Å². The highest BCUT2D eigenvalue weighted by Gasteiger charge is 2.16. The molecule has 0 atom stereocenters. The lowest BCUT2D eigenvalue weighted by Crippen LogP contribution is -2.29. The summed E-state index contributed by atoms with van der Waals surface area (Å²) in [4.78, 5) is 13.8. The highest BCUT2D eigenvalue weighted by atomic mass is 16.2. The molecule has 0 spiro atoms. The highest BCUT2D eigenvalue weighted by Crippen LogP contribution is 2.13. The van der Waals surface area contributed by atoms with E-state index in [0.717, 1.165) is 32.6 Å². The second-order valence-electron chi connectivity index (χ2n) is 6.81. The molecular formula is C19H38N2O. The van der Waals surface area contributed by atoms with Gasteiger partial charge in [0.05, 0.1) is 6.67 Å². The van der Waals surface area contributed by atoms with E-state index in [9.17, 15) is 4.79 Å². The Morgan fingerprint density at radius 1 is 0.818 bits per heavy atom. The second kappa shape index (κ2) is 14.0. The van der Waals surface area contributed by atoms with Crippen molar-refractivity contribution in [2.45, 2.75) is 96.8 Å². The molecule has 0 radical (unpaired) electrons. The van der Waals surface area contributed by atoms with Crippen molar-refractivity contribution in [1.29, 1.82) is 0 Å². The SMILES string of the molecule is CCCCCCCCCCCCCCCC(=O)N1CCNC1. The minimum Gasteiger partial charge on any atom is -0.329 e. The first-order valence-corrected chi connectivity index (χ1v) is 9.83. The quantitative estimate of drug-likeness (QED) is 0.465. The van der Waals surface area contributed by atoms with Crippen molar-refractivity contribution >= 4 is 5.91 Å². The van der Waals surface area contributed by atoms with E-state index in [0.29, 0.717) is 5.91 Å². The van der Waals surface area contributed by atoms with Gasteiger partial charge in [-0.15, -0.1) is 0 Å². The number of carbonyl (C=O) groups is 1. The van der Waals surface area contributed by atoms with E-state index in [-0.39, 0.29) is 0 Å². The summed E-state index contributed by atoms with van der Waals surface area (Å²) in [6, 6.07) is 0. The molecule has 0 aromatic rings. The molecule has 3 nitrogen and oxygen atoms in total.